The Morgan fingerprint density at radius 3 is 2.50 bits per heavy atom. The van der Waals surface area contributed by atoms with Crippen molar-refractivity contribution >= 4 is 0 Å². The molecule has 1 N–H and O–H groups in total. The Kier molecular flexibility index (Phi) is 9.99. The van der Waals surface area contributed by atoms with Gasteiger partial charge in [-0.25, -0.2) is 0 Å². The molecule has 0 aliphatic rings. The van der Waals surface area contributed by atoms with E-state index in [4.69, 9.17) is 4.74 Å². The van der Waals surface area contributed by atoms with E-state index in [1.54, 1.807) is 0 Å². The van der Waals surface area contributed by atoms with Crippen molar-refractivity contribution < 1.29 is 4.74 Å². The molecule has 0 radical (unpaired) electrons. The fourth-order valence-corrected chi connectivity index (χ4v) is 1.66. The molecule has 0 aliphatic carbocycles. The largest absolute Gasteiger partial charge is 0.377 e. The van der Waals surface area contributed by atoms with Crippen molar-refractivity contribution in [2.24, 2.45) is 5.92 Å². The van der Waals surface area contributed by atoms with E-state index in [1.807, 2.05) is 0 Å². The van der Waals surface area contributed by atoms with Crippen LogP contribution in [0.2, 0.25) is 0 Å². The minimum atomic E-state index is 0.344. The predicted molar refractivity (Wildman–Crippen MR) is 70.9 cm³/mol. The molecule has 3 heteroatoms. The molecule has 0 aromatic carbocycles. The molecule has 3 nitrogen and oxygen atoms in total. The lowest BCUT2D eigenvalue weighted by atomic mass is 10.1. The second-order valence-corrected chi connectivity index (χ2v) is 4.99. The number of hydrogen-bond acceptors (Lipinski definition) is 3. The maximum atomic E-state index is 5.54. The minimum Gasteiger partial charge on any atom is -0.377 e. The molecule has 16 heavy (non-hydrogen) atoms. The smallest absolute Gasteiger partial charge is 0.0596 e. The summed E-state index contributed by atoms with van der Waals surface area (Å²) in [5.74, 6) is 0.704. The van der Waals surface area contributed by atoms with Gasteiger partial charge in [-0.1, -0.05) is 13.8 Å². The zero-order valence-corrected chi connectivity index (χ0v) is 11.8. The van der Waals surface area contributed by atoms with Crippen LogP contribution >= 0.6 is 0 Å². The van der Waals surface area contributed by atoms with Crippen LogP contribution in [0.1, 0.15) is 34.1 Å². The summed E-state index contributed by atoms with van der Waals surface area (Å²) >= 11 is 0. The monoisotopic (exact) mass is 230 g/mol. The van der Waals surface area contributed by atoms with E-state index in [2.05, 4.69) is 45.0 Å². The first-order valence-corrected chi connectivity index (χ1v) is 6.57. The third-order valence-corrected chi connectivity index (χ3v) is 2.47. The van der Waals surface area contributed by atoms with Gasteiger partial charge in [0.15, 0.2) is 0 Å². The predicted octanol–water partition coefficient (Wildman–Crippen LogP) is 1.98. The third kappa shape index (κ3) is 10.4. The maximum Gasteiger partial charge on any atom is 0.0596 e. The fourth-order valence-electron chi connectivity index (χ4n) is 1.66. The van der Waals surface area contributed by atoms with Crippen molar-refractivity contribution in [3.8, 4) is 0 Å². The molecule has 0 saturated heterocycles. The van der Waals surface area contributed by atoms with Gasteiger partial charge in [0, 0.05) is 13.1 Å². The Hall–Kier alpha value is -0.120. The number of rotatable bonds is 10. The third-order valence-electron chi connectivity index (χ3n) is 2.47. The summed E-state index contributed by atoms with van der Waals surface area (Å²) in [6, 6.07) is 0. The van der Waals surface area contributed by atoms with Crippen LogP contribution in [0.15, 0.2) is 0 Å². The summed E-state index contributed by atoms with van der Waals surface area (Å²) in [5.41, 5.74) is 0. The number of nitrogens with one attached hydrogen (secondary N) is 1. The zero-order chi connectivity index (χ0) is 12.4. The molecule has 0 aromatic heterocycles. The summed E-state index contributed by atoms with van der Waals surface area (Å²) in [5, 5.41) is 3.46. The molecule has 0 saturated carbocycles. The van der Waals surface area contributed by atoms with Crippen LogP contribution in [-0.2, 0) is 4.74 Å². The van der Waals surface area contributed by atoms with Gasteiger partial charge >= 0.3 is 0 Å². The van der Waals surface area contributed by atoms with E-state index in [1.165, 1.54) is 6.42 Å². The standard InChI is InChI=1S/C13H30N2O/c1-6-7-14-10-13(4)11-15(5)8-9-16-12(2)3/h12-14H,6-11H2,1-5H3. The molecule has 98 valence electrons. The summed E-state index contributed by atoms with van der Waals surface area (Å²) < 4.78 is 5.54. The Morgan fingerprint density at radius 2 is 1.94 bits per heavy atom. The topological polar surface area (TPSA) is 24.5 Å². The van der Waals surface area contributed by atoms with E-state index < -0.39 is 0 Å². The summed E-state index contributed by atoms with van der Waals surface area (Å²) in [7, 11) is 2.17. The first-order chi connectivity index (χ1) is 7.56. The number of hydrogen-bond donors (Lipinski definition) is 1. The van der Waals surface area contributed by atoms with Gasteiger partial charge in [0.25, 0.3) is 0 Å². The van der Waals surface area contributed by atoms with Gasteiger partial charge < -0.3 is 15.0 Å². The van der Waals surface area contributed by atoms with Gasteiger partial charge in [-0.15, -0.1) is 0 Å². The van der Waals surface area contributed by atoms with Crippen LogP contribution in [0.5, 0.6) is 0 Å². The van der Waals surface area contributed by atoms with E-state index >= 15 is 0 Å². The lowest BCUT2D eigenvalue weighted by Crippen LogP contribution is -2.33. The normalized spacial score (nSPS) is 13.7. The van der Waals surface area contributed by atoms with Crippen LogP contribution in [0.3, 0.4) is 0 Å². The van der Waals surface area contributed by atoms with Crippen LogP contribution in [-0.4, -0.2) is 50.8 Å². The first-order valence-electron chi connectivity index (χ1n) is 6.57. The molecule has 0 heterocycles. The van der Waals surface area contributed by atoms with E-state index in [0.29, 0.717) is 12.0 Å². The first kappa shape index (κ1) is 15.9. The van der Waals surface area contributed by atoms with Crippen molar-refractivity contribution in [2.45, 2.75) is 40.2 Å². The van der Waals surface area contributed by atoms with Gasteiger partial charge in [0.1, 0.15) is 0 Å². The van der Waals surface area contributed by atoms with Crippen molar-refractivity contribution in [2.75, 3.05) is 39.8 Å². The van der Waals surface area contributed by atoms with Gasteiger partial charge in [0.2, 0.25) is 0 Å². The highest BCUT2D eigenvalue weighted by Gasteiger charge is 2.06. The minimum absolute atomic E-state index is 0.344. The van der Waals surface area contributed by atoms with Gasteiger partial charge in [-0.05, 0) is 46.3 Å². The summed E-state index contributed by atoms with van der Waals surface area (Å²) in [6.07, 6.45) is 1.56. The van der Waals surface area contributed by atoms with Crippen molar-refractivity contribution in [3.05, 3.63) is 0 Å². The average molecular weight is 230 g/mol. The van der Waals surface area contributed by atoms with Crippen LogP contribution in [0.25, 0.3) is 0 Å². The molecule has 0 rings (SSSR count). The van der Waals surface area contributed by atoms with Crippen molar-refractivity contribution in [3.63, 3.8) is 0 Å². The summed E-state index contributed by atoms with van der Waals surface area (Å²) in [6.45, 7) is 13.9. The molecule has 0 amide bonds. The van der Waals surface area contributed by atoms with Crippen LogP contribution in [0.4, 0.5) is 0 Å². The maximum absolute atomic E-state index is 5.54. The lowest BCUT2D eigenvalue weighted by Gasteiger charge is -2.22. The van der Waals surface area contributed by atoms with Crippen molar-refractivity contribution in [1.82, 2.24) is 10.2 Å². The number of nitrogens with zero attached hydrogens (tertiary/aromatic N) is 1. The van der Waals surface area contributed by atoms with Crippen molar-refractivity contribution in [1.29, 1.82) is 0 Å². The molecule has 1 atom stereocenters. The Balaban J connectivity index is 3.42. The second-order valence-electron chi connectivity index (χ2n) is 4.99. The highest BCUT2D eigenvalue weighted by Crippen LogP contribution is 1.97. The Labute approximate surface area is 102 Å². The van der Waals surface area contributed by atoms with Crippen LogP contribution in [0, 0.1) is 5.92 Å². The van der Waals surface area contributed by atoms with Crippen LogP contribution < -0.4 is 5.32 Å². The number of ether oxygens (including phenoxy) is 1. The highest BCUT2D eigenvalue weighted by atomic mass is 16.5. The quantitative estimate of drug-likeness (QED) is 0.581. The Morgan fingerprint density at radius 1 is 1.25 bits per heavy atom. The number of likely N-dealkylation sites (N-methyl/N-ethyl adjacent to an activating group) is 1. The molecule has 0 aromatic rings. The molecule has 0 aliphatic heterocycles. The molecule has 0 fully saturated rings. The average Bonchev–Trinajstić information content (AvgIpc) is 2.17. The summed E-state index contributed by atoms with van der Waals surface area (Å²) in [4.78, 5) is 2.35. The lowest BCUT2D eigenvalue weighted by molar-refractivity contribution is 0.0617. The van der Waals surface area contributed by atoms with Gasteiger partial charge in [0.05, 0.1) is 12.7 Å². The molecule has 0 spiro atoms. The highest BCUT2D eigenvalue weighted by molar-refractivity contribution is 4.61. The molecule has 0 bridgehead atoms. The second kappa shape index (κ2) is 10.1. The molecule has 1 unspecified atom stereocenters. The van der Waals surface area contributed by atoms with E-state index in [0.717, 1.165) is 32.8 Å². The fraction of sp³-hybridized carbons (Fsp3) is 1.00. The Bertz CT molecular complexity index is 151. The van der Waals surface area contributed by atoms with E-state index in [-0.39, 0.29) is 0 Å². The SMILES string of the molecule is CCCNCC(C)CN(C)CCOC(C)C. The zero-order valence-electron chi connectivity index (χ0n) is 11.8. The molecular weight excluding hydrogens is 200 g/mol. The molecular formula is C13H30N2O. The van der Waals surface area contributed by atoms with E-state index in [9.17, 15) is 0 Å². The van der Waals surface area contributed by atoms with Gasteiger partial charge in [-0.2, -0.15) is 0 Å². The van der Waals surface area contributed by atoms with Gasteiger partial charge in [-0.3, -0.25) is 0 Å².